The molecule has 0 aromatic heterocycles. The van der Waals surface area contributed by atoms with Crippen LogP contribution in [0, 0.1) is 5.82 Å². The minimum Gasteiger partial charge on any atom is -0.478 e. The third kappa shape index (κ3) is 4.99. The number of benzene rings is 2. The molecule has 0 amide bonds. The van der Waals surface area contributed by atoms with Crippen LogP contribution in [0.2, 0.25) is 5.02 Å². The fourth-order valence-electron chi connectivity index (χ4n) is 2.34. The quantitative estimate of drug-likeness (QED) is 0.737. The van der Waals surface area contributed by atoms with Gasteiger partial charge in [-0.1, -0.05) is 24.6 Å². The molecule has 0 atom stereocenters. The van der Waals surface area contributed by atoms with E-state index in [0.717, 1.165) is 0 Å². The molecule has 0 saturated carbocycles. The molecule has 0 spiro atoms. The molecular weight excluding hydrogens is 395 g/mol. The van der Waals surface area contributed by atoms with Crippen molar-refractivity contribution < 1.29 is 27.4 Å². The summed E-state index contributed by atoms with van der Waals surface area (Å²) in [5.74, 6) is -1.50. The molecule has 8 heteroatoms. The molecule has 2 aromatic carbocycles. The van der Waals surface area contributed by atoms with E-state index in [2.05, 4.69) is 0 Å². The molecule has 0 saturated heterocycles. The molecule has 5 nitrogen and oxygen atoms in total. The van der Waals surface area contributed by atoms with Gasteiger partial charge in [0.1, 0.15) is 11.6 Å². The summed E-state index contributed by atoms with van der Waals surface area (Å²) in [5.41, 5.74) is -0.539. The second-order valence-corrected chi connectivity index (χ2v) is 9.19. The lowest BCUT2D eigenvalue weighted by Gasteiger charge is -2.23. The molecular formula is C19H20ClFO5S. The van der Waals surface area contributed by atoms with Crippen molar-refractivity contribution >= 4 is 27.4 Å². The van der Waals surface area contributed by atoms with Crippen molar-refractivity contribution in [3.05, 3.63) is 58.4 Å². The van der Waals surface area contributed by atoms with Crippen LogP contribution in [0.15, 0.2) is 41.3 Å². The Morgan fingerprint density at radius 2 is 1.85 bits per heavy atom. The number of halogens is 2. The number of hydrogen-bond donors (Lipinski definition) is 1. The molecule has 146 valence electrons. The van der Waals surface area contributed by atoms with E-state index in [1.54, 1.807) is 6.07 Å². The Labute approximate surface area is 162 Å². The van der Waals surface area contributed by atoms with Crippen LogP contribution in [0.1, 0.15) is 31.9 Å². The van der Waals surface area contributed by atoms with Crippen LogP contribution in [-0.4, -0.2) is 30.8 Å². The van der Waals surface area contributed by atoms with Crippen molar-refractivity contribution in [3.63, 3.8) is 0 Å². The molecule has 0 unspecified atom stereocenters. The van der Waals surface area contributed by atoms with Gasteiger partial charge in [0, 0.05) is 17.0 Å². The highest BCUT2D eigenvalue weighted by Gasteiger charge is 2.30. The minimum absolute atomic E-state index is 0.0468. The lowest BCUT2D eigenvalue weighted by molar-refractivity contribution is -0.152. The van der Waals surface area contributed by atoms with Crippen LogP contribution in [0.5, 0.6) is 5.75 Å². The summed E-state index contributed by atoms with van der Waals surface area (Å²) in [4.78, 5) is 11.4. The maximum Gasteiger partial charge on any atom is 0.347 e. The van der Waals surface area contributed by atoms with Gasteiger partial charge in [-0.2, -0.15) is 0 Å². The number of hydrogen-bond acceptors (Lipinski definition) is 4. The van der Waals surface area contributed by atoms with Gasteiger partial charge in [-0.25, -0.2) is 17.6 Å². The number of ether oxygens (including phenoxy) is 1. The van der Waals surface area contributed by atoms with Crippen molar-refractivity contribution in [2.24, 2.45) is 0 Å². The van der Waals surface area contributed by atoms with Crippen LogP contribution in [0.4, 0.5) is 4.39 Å². The van der Waals surface area contributed by atoms with Gasteiger partial charge in [0.25, 0.3) is 0 Å². The summed E-state index contributed by atoms with van der Waals surface area (Å²) in [6.07, 6.45) is 0.147. The smallest absolute Gasteiger partial charge is 0.347 e. The van der Waals surface area contributed by atoms with Crippen LogP contribution < -0.4 is 4.74 Å². The van der Waals surface area contributed by atoms with E-state index in [9.17, 15) is 22.7 Å². The van der Waals surface area contributed by atoms with Crippen LogP contribution in [0.3, 0.4) is 0 Å². The van der Waals surface area contributed by atoms with E-state index < -0.39 is 27.2 Å². The van der Waals surface area contributed by atoms with E-state index in [1.165, 1.54) is 51.1 Å². The van der Waals surface area contributed by atoms with Crippen LogP contribution in [-0.2, 0) is 21.1 Å². The first kappa shape index (κ1) is 21.2. The lowest BCUT2D eigenvalue weighted by Crippen LogP contribution is -2.38. The second-order valence-electron chi connectivity index (χ2n) is 6.50. The Kier molecular flexibility index (Phi) is 6.17. The third-order valence-corrected chi connectivity index (χ3v) is 6.13. The number of carboxylic acids is 1. The van der Waals surface area contributed by atoms with Gasteiger partial charge in [-0.15, -0.1) is 0 Å². The maximum absolute atomic E-state index is 13.7. The summed E-state index contributed by atoms with van der Waals surface area (Å²) >= 11 is 6.22. The number of sulfone groups is 1. The van der Waals surface area contributed by atoms with Gasteiger partial charge in [0.05, 0.1) is 10.6 Å². The predicted octanol–water partition coefficient (Wildman–Crippen LogP) is 4.11. The normalized spacial score (nSPS) is 12.0. The average Bonchev–Trinajstić information content (AvgIpc) is 2.58. The van der Waals surface area contributed by atoms with Crippen molar-refractivity contribution in [2.75, 3.05) is 5.75 Å². The number of carboxylic acid groups (broad SMARTS) is 1. The summed E-state index contributed by atoms with van der Waals surface area (Å²) in [5, 5.41) is 9.45. The standard InChI is InChI=1S/C19H20ClFO5S/c1-4-27(24,25)15-7-5-12(16(20)11-15)9-13-10-14(21)6-8-17(13)26-19(2,3)18(22)23/h5-8,10-11H,4,9H2,1-3H3,(H,22,23). The first-order chi connectivity index (χ1) is 12.5. The molecule has 0 aliphatic heterocycles. The largest absolute Gasteiger partial charge is 0.478 e. The average molecular weight is 415 g/mol. The topological polar surface area (TPSA) is 80.7 Å². The van der Waals surface area contributed by atoms with E-state index in [0.29, 0.717) is 11.1 Å². The first-order valence-electron chi connectivity index (χ1n) is 8.18. The van der Waals surface area contributed by atoms with E-state index >= 15 is 0 Å². The van der Waals surface area contributed by atoms with Gasteiger partial charge >= 0.3 is 5.97 Å². The number of rotatable bonds is 7. The SMILES string of the molecule is CCS(=O)(=O)c1ccc(Cc2cc(F)ccc2OC(C)(C)C(=O)O)c(Cl)c1. The van der Waals surface area contributed by atoms with Crippen molar-refractivity contribution in [1.82, 2.24) is 0 Å². The molecule has 2 rings (SSSR count). The van der Waals surface area contributed by atoms with E-state index in [-0.39, 0.29) is 27.8 Å². The number of aliphatic carboxylic acids is 1. The second kappa shape index (κ2) is 7.86. The Morgan fingerprint density at radius 1 is 1.19 bits per heavy atom. The zero-order valence-electron chi connectivity index (χ0n) is 15.1. The van der Waals surface area contributed by atoms with Gasteiger partial charge in [-0.3, -0.25) is 0 Å². The molecule has 1 N–H and O–H groups in total. The van der Waals surface area contributed by atoms with E-state index in [1.807, 2.05) is 0 Å². The molecule has 2 aromatic rings. The summed E-state index contributed by atoms with van der Waals surface area (Å²) in [7, 11) is -3.39. The Bertz CT molecular complexity index is 970. The van der Waals surface area contributed by atoms with Gasteiger partial charge in [0.2, 0.25) is 0 Å². The summed E-state index contributed by atoms with van der Waals surface area (Å²) in [6, 6.07) is 8.13. The Hall–Kier alpha value is -2.12. The Balaban J connectivity index is 2.40. The fraction of sp³-hybridized carbons (Fsp3) is 0.316. The molecule has 27 heavy (non-hydrogen) atoms. The molecule has 0 fully saturated rings. The van der Waals surface area contributed by atoms with Gasteiger partial charge < -0.3 is 9.84 Å². The fourth-order valence-corrected chi connectivity index (χ4v) is 3.56. The van der Waals surface area contributed by atoms with Crippen molar-refractivity contribution in [2.45, 2.75) is 37.7 Å². The predicted molar refractivity (Wildman–Crippen MR) is 101 cm³/mol. The van der Waals surface area contributed by atoms with Crippen LogP contribution >= 0.6 is 11.6 Å². The summed E-state index contributed by atoms with van der Waals surface area (Å²) in [6.45, 7) is 4.32. The molecule has 0 aliphatic rings. The van der Waals surface area contributed by atoms with E-state index in [4.69, 9.17) is 16.3 Å². The highest BCUT2D eigenvalue weighted by molar-refractivity contribution is 7.91. The first-order valence-corrected chi connectivity index (χ1v) is 10.2. The van der Waals surface area contributed by atoms with Gasteiger partial charge in [0.15, 0.2) is 15.4 Å². The van der Waals surface area contributed by atoms with Gasteiger partial charge in [-0.05, 0) is 49.7 Å². The highest BCUT2D eigenvalue weighted by Crippen LogP contribution is 2.30. The lowest BCUT2D eigenvalue weighted by atomic mass is 10.0. The third-order valence-electron chi connectivity index (χ3n) is 4.05. The molecule has 0 radical (unpaired) electrons. The number of carbonyl (C=O) groups is 1. The molecule has 0 heterocycles. The zero-order chi connectivity index (χ0) is 20.4. The molecule has 0 aliphatic carbocycles. The highest BCUT2D eigenvalue weighted by atomic mass is 35.5. The van der Waals surface area contributed by atoms with Crippen molar-refractivity contribution in [1.29, 1.82) is 0 Å². The minimum atomic E-state index is -3.39. The van der Waals surface area contributed by atoms with Crippen LogP contribution in [0.25, 0.3) is 0 Å². The summed E-state index contributed by atoms with van der Waals surface area (Å²) < 4.78 is 43.2. The zero-order valence-corrected chi connectivity index (χ0v) is 16.7. The molecule has 0 bridgehead atoms. The monoisotopic (exact) mass is 414 g/mol. The Morgan fingerprint density at radius 3 is 2.41 bits per heavy atom. The van der Waals surface area contributed by atoms with Crippen molar-refractivity contribution in [3.8, 4) is 5.75 Å². The maximum atomic E-state index is 13.7.